The number of amides is 1. The third-order valence-corrected chi connectivity index (χ3v) is 5.73. The lowest BCUT2D eigenvalue weighted by molar-refractivity contribution is -0.120. The normalized spacial score (nSPS) is 18.4. The van der Waals surface area contributed by atoms with Crippen LogP contribution < -0.4 is 10.1 Å². The Morgan fingerprint density at radius 1 is 1.36 bits per heavy atom. The molecule has 9 heteroatoms. The Labute approximate surface area is 168 Å². The Hall–Kier alpha value is -2.13. The van der Waals surface area contributed by atoms with Gasteiger partial charge in [-0.2, -0.15) is 0 Å². The van der Waals surface area contributed by atoms with Crippen LogP contribution >= 0.6 is 11.8 Å². The summed E-state index contributed by atoms with van der Waals surface area (Å²) in [7, 11) is 1.63. The second kappa shape index (κ2) is 9.88. The van der Waals surface area contributed by atoms with Crippen LogP contribution in [0.25, 0.3) is 0 Å². The molecule has 0 radical (unpaired) electrons. The molecule has 1 fully saturated rings. The largest absolute Gasteiger partial charge is 0.483 e. The van der Waals surface area contributed by atoms with E-state index in [1.54, 1.807) is 25.3 Å². The topological polar surface area (TPSA) is 78.3 Å². The molecule has 0 unspecified atom stereocenters. The number of carbonyl (C=O) groups is 1. The molecular weight excluding hydrogens is 383 g/mol. The number of thioether (sulfide) groups is 1. The summed E-state index contributed by atoms with van der Waals surface area (Å²) in [5.41, 5.74) is 0. The molecule has 1 N–H and O–H groups in total. The van der Waals surface area contributed by atoms with Crippen molar-refractivity contribution in [2.75, 3.05) is 20.3 Å². The fraction of sp³-hybridized carbons (Fsp3) is 0.526. The standard InChI is InChI=1S/C19H25FN4O3S/c1-13(11-26-2)24-17(12-27-15-8-4-3-7-14(15)20)22-23-19(24)28-16-9-5-6-10-21-18(16)25/h3-4,7-8,13,16H,5-6,9-12H2,1-2H3,(H,21,25)/t13-,16-/m0/s1. The number of benzene rings is 1. The van der Waals surface area contributed by atoms with E-state index in [4.69, 9.17) is 9.47 Å². The van der Waals surface area contributed by atoms with E-state index >= 15 is 0 Å². The van der Waals surface area contributed by atoms with Gasteiger partial charge in [-0.25, -0.2) is 4.39 Å². The molecule has 2 aromatic rings. The van der Waals surface area contributed by atoms with Gasteiger partial charge in [0.1, 0.15) is 6.61 Å². The number of para-hydroxylation sites is 1. The van der Waals surface area contributed by atoms with Crippen LogP contribution in [0, 0.1) is 5.82 Å². The molecule has 1 saturated heterocycles. The molecule has 1 amide bonds. The zero-order valence-electron chi connectivity index (χ0n) is 16.1. The highest BCUT2D eigenvalue weighted by atomic mass is 32.2. The fourth-order valence-corrected chi connectivity index (χ4v) is 4.32. The number of nitrogens with one attached hydrogen (secondary N) is 1. The Kier molecular flexibility index (Phi) is 7.27. The molecule has 1 aliphatic heterocycles. The van der Waals surface area contributed by atoms with Crippen LogP contribution in [0.3, 0.4) is 0 Å². The molecule has 7 nitrogen and oxygen atoms in total. The average Bonchev–Trinajstić information content (AvgIpc) is 2.97. The van der Waals surface area contributed by atoms with Crippen molar-refractivity contribution >= 4 is 17.7 Å². The predicted octanol–water partition coefficient (Wildman–Crippen LogP) is 2.96. The van der Waals surface area contributed by atoms with Gasteiger partial charge in [-0.3, -0.25) is 9.36 Å². The molecule has 0 saturated carbocycles. The molecule has 1 aliphatic rings. The summed E-state index contributed by atoms with van der Waals surface area (Å²) in [5.74, 6) is 0.321. The molecule has 1 aromatic carbocycles. The van der Waals surface area contributed by atoms with Crippen molar-refractivity contribution in [2.24, 2.45) is 0 Å². The van der Waals surface area contributed by atoms with Crippen LogP contribution in [0.1, 0.15) is 38.1 Å². The highest BCUT2D eigenvalue weighted by molar-refractivity contribution is 8.00. The molecular formula is C19H25FN4O3S. The second-order valence-corrected chi connectivity index (χ2v) is 7.86. The number of ether oxygens (including phenoxy) is 2. The third kappa shape index (κ3) is 5.02. The van der Waals surface area contributed by atoms with Crippen LogP contribution in [0.4, 0.5) is 4.39 Å². The van der Waals surface area contributed by atoms with Crippen molar-refractivity contribution < 1.29 is 18.7 Å². The smallest absolute Gasteiger partial charge is 0.233 e. The number of methoxy groups -OCH3 is 1. The van der Waals surface area contributed by atoms with Crippen LogP contribution in [0.5, 0.6) is 5.75 Å². The number of aromatic nitrogens is 3. The molecule has 0 bridgehead atoms. The molecule has 1 aromatic heterocycles. The first-order chi connectivity index (χ1) is 13.6. The van der Waals surface area contributed by atoms with Crippen molar-refractivity contribution in [3.63, 3.8) is 0 Å². The number of nitrogens with zero attached hydrogens (tertiary/aromatic N) is 3. The molecule has 2 heterocycles. The van der Waals surface area contributed by atoms with Gasteiger partial charge in [-0.05, 0) is 31.9 Å². The van der Waals surface area contributed by atoms with Gasteiger partial charge in [0.05, 0.1) is 17.9 Å². The minimum absolute atomic E-state index is 0.0283. The highest BCUT2D eigenvalue weighted by Crippen LogP contribution is 2.30. The number of hydrogen-bond donors (Lipinski definition) is 1. The summed E-state index contributed by atoms with van der Waals surface area (Å²) < 4.78 is 26.6. The molecule has 152 valence electrons. The zero-order valence-corrected chi connectivity index (χ0v) is 16.9. The predicted molar refractivity (Wildman–Crippen MR) is 104 cm³/mol. The monoisotopic (exact) mass is 408 g/mol. The maximum atomic E-state index is 13.8. The van der Waals surface area contributed by atoms with Crippen LogP contribution in [-0.4, -0.2) is 46.2 Å². The van der Waals surface area contributed by atoms with Crippen molar-refractivity contribution in [2.45, 2.75) is 49.2 Å². The number of hydrogen-bond acceptors (Lipinski definition) is 6. The first-order valence-corrected chi connectivity index (χ1v) is 10.2. The maximum absolute atomic E-state index is 13.8. The van der Waals surface area contributed by atoms with Crippen LogP contribution in [0.2, 0.25) is 0 Å². The van der Waals surface area contributed by atoms with Gasteiger partial charge in [0.2, 0.25) is 5.91 Å². The lowest BCUT2D eigenvalue weighted by Gasteiger charge is -2.19. The summed E-state index contributed by atoms with van der Waals surface area (Å²) in [6.45, 7) is 3.22. The summed E-state index contributed by atoms with van der Waals surface area (Å²) in [6.07, 6.45) is 2.77. The van der Waals surface area contributed by atoms with Crippen molar-refractivity contribution in [3.05, 3.63) is 35.9 Å². The van der Waals surface area contributed by atoms with E-state index in [0.29, 0.717) is 24.1 Å². The number of carbonyl (C=O) groups excluding carboxylic acids is 1. The summed E-state index contributed by atoms with van der Waals surface area (Å²) in [5, 5.41) is 11.9. The van der Waals surface area contributed by atoms with E-state index in [2.05, 4.69) is 15.5 Å². The summed E-state index contributed by atoms with van der Waals surface area (Å²) in [4.78, 5) is 12.3. The van der Waals surface area contributed by atoms with Gasteiger partial charge in [0.15, 0.2) is 22.5 Å². The quantitative estimate of drug-likeness (QED) is 0.724. The van der Waals surface area contributed by atoms with Gasteiger partial charge >= 0.3 is 0 Å². The minimum atomic E-state index is -0.428. The van der Waals surface area contributed by atoms with Gasteiger partial charge in [0.25, 0.3) is 0 Å². The lowest BCUT2D eigenvalue weighted by atomic mass is 10.2. The summed E-state index contributed by atoms with van der Waals surface area (Å²) >= 11 is 1.40. The molecule has 0 spiro atoms. The van der Waals surface area contributed by atoms with Gasteiger partial charge < -0.3 is 14.8 Å². The minimum Gasteiger partial charge on any atom is -0.483 e. The second-order valence-electron chi connectivity index (χ2n) is 6.69. The molecule has 2 atom stereocenters. The van der Waals surface area contributed by atoms with Crippen molar-refractivity contribution in [1.82, 2.24) is 20.1 Å². The van der Waals surface area contributed by atoms with E-state index in [1.807, 2.05) is 11.5 Å². The number of halogens is 1. The van der Waals surface area contributed by atoms with Crippen LogP contribution in [0.15, 0.2) is 29.4 Å². The third-order valence-electron chi connectivity index (χ3n) is 4.51. The fourth-order valence-electron chi connectivity index (χ4n) is 3.10. The Morgan fingerprint density at radius 3 is 2.96 bits per heavy atom. The van der Waals surface area contributed by atoms with E-state index in [-0.39, 0.29) is 29.6 Å². The van der Waals surface area contributed by atoms with Crippen molar-refractivity contribution in [1.29, 1.82) is 0 Å². The highest BCUT2D eigenvalue weighted by Gasteiger charge is 2.27. The van der Waals surface area contributed by atoms with Gasteiger partial charge in [-0.1, -0.05) is 30.3 Å². The van der Waals surface area contributed by atoms with Gasteiger partial charge in [0, 0.05) is 13.7 Å². The maximum Gasteiger partial charge on any atom is 0.233 e. The molecule has 0 aliphatic carbocycles. The Bertz CT molecular complexity index is 801. The lowest BCUT2D eigenvalue weighted by Crippen LogP contribution is -2.31. The number of rotatable bonds is 8. The van der Waals surface area contributed by atoms with Crippen LogP contribution in [-0.2, 0) is 16.1 Å². The Balaban J connectivity index is 1.80. The SMILES string of the molecule is COC[C@H](C)n1c(COc2ccccc2F)nnc1S[C@H]1CCCCNC1=O. The summed E-state index contributed by atoms with van der Waals surface area (Å²) in [6, 6.07) is 6.18. The molecule has 3 rings (SSSR count). The van der Waals surface area contributed by atoms with E-state index in [1.165, 1.54) is 17.8 Å². The van der Waals surface area contributed by atoms with E-state index in [0.717, 1.165) is 19.3 Å². The van der Waals surface area contributed by atoms with Gasteiger partial charge in [-0.15, -0.1) is 10.2 Å². The van der Waals surface area contributed by atoms with E-state index in [9.17, 15) is 9.18 Å². The Morgan fingerprint density at radius 2 is 2.18 bits per heavy atom. The first-order valence-electron chi connectivity index (χ1n) is 9.34. The first kappa shape index (κ1) is 20.6. The average molecular weight is 408 g/mol. The van der Waals surface area contributed by atoms with Crippen molar-refractivity contribution in [3.8, 4) is 5.75 Å². The zero-order chi connectivity index (χ0) is 19.9. The molecule has 28 heavy (non-hydrogen) atoms. The van der Waals surface area contributed by atoms with E-state index < -0.39 is 5.82 Å².